The van der Waals surface area contributed by atoms with E-state index in [1.54, 1.807) is 6.08 Å². The third-order valence-electron chi connectivity index (χ3n) is 8.99. The number of nitrogens with one attached hydrogen (secondary N) is 1. The molecular weight excluding hydrogens is 622 g/mol. The van der Waals surface area contributed by atoms with Crippen molar-refractivity contribution < 1.29 is 28.4 Å². The Kier molecular flexibility index (Phi) is 10.3. The van der Waals surface area contributed by atoms with E-state index in [1.807, 2.05) is 66.7 Å². The van der Waals surface area contributed by atoms with Gasteiger partial charge >= 0.3 is 0 Å². The van der Waals surface area contributed by atoms with Crippen LogP contribution in [-0.4, -0.2) is 47.0 Å². The number of hydroxylamine groups is 1. The maximum absolute atomic E-state index is 12.7. The quantitative estimate of drug-likeness (QED) is 0.158. The fraction of sp³-hybridized carbons (Fsp3) is 0.342. The molecule has 11 nitrogen and oxygen atoms in total. The third kappa shape index (κ3) is 7.79. The molecule has 49 heavy (non-hydrogen) atoms. The van der Waals surface area contributed by atoms with E-state index in [0.717, 1.165) is 53.9 Å². The molecule has 11 heteroatoms. The minimum Gasteiger partial charge on any atom is -0.488 e. The minimum atomic E-state index is -1.29. The molecule has 256 valence electrons. The molecule has 2 amide bonds. The number of hydrogen-bond donors (Lipinski definition) is 3. The van der Waals surface area contributed by atoms with Gasteiger partial charge in [-0.3, -0.25) is 9.59 Å². The molecule has 3 heterocycles. The highest BCUT2D eigenvalue weighted by atomic mass is 16.7. The number of nitrogens with zero attached hydrogens (tertiary/aromatic N) is 2. The Balaban J connectivity index is 1.31. The van der Waals surface area contributed by atoms with Gasteiger partial charge in [0.1, 0.15) is 30.5 Å². The number of carbonyl (C=O) groups is 2. The zero-order chi connectivity index (χ0) is 34.4. The Morgan fingerprint density at radius 2 is 1.55 bits per heavy atom. The molecule has 2 aliphatic rings. The summed E-state index contributed by atoms with van der Waals surface area (Å²) in [4.78, 5) is 33.2. The SMILES string of the molecule is CC(C)c1cc(CCc2onc(C(N)=O)c2C2=CC(CN3CCCC3)(C(N)=O)NO2)c(OCc2ccccc2)cc1OCc1ccccc1. The van der Waals surface area contributed by atoms with E-state index in [9.17, 15) is 9.59 Å². The molecule has 0 aliphatic carbocycles. The van der Waals surface area contributed by atoms with Gasteiger partial charge in [-0.2, -0.15) is 0 Å². The largest absolute Gasteiger partial charge is 0.488 e. The number of primary amides is 2. The highest BCUT2D eigenvalue weighted by molar-refractivity contribution is 5.97. The second-order valence-electron chi connectivity index (χ2n) is 12.9. The molecule has 0 spiro atoms. The van der Waals surface area contributed by atoms with Gasteiger partial charge in [-0.05, 0) is 72.7 Å². The minimum absolute atomic E-state index is 0.0856. The van der Waals surface area contributed by atoms with Crippen molar-refractivity contribution in [3.05, 3.63) is 118 Å². The molecule has 6 rings (SSSR count). The van der Waals surface area contributed by atoms with Crippen molar-refractivity contribution >= 4 is 17.6 Å². The van der Waals surface area contributed by atoms with Crippen LogP contribution in [0.5, 0.6) is 11.5 Å². The van der Waals surface area contributed by atoms with Crippen LogP contribution in [-0.2, 0) is 35.7 Å². The van der Waals surface area contributed by atoms with Gasteiger partial charge in [0, 0.05) is 19.0 Å². The third-order valence-corrected chi connectivity index (χ3v) is 8.99. The number of nitrogens with two attached hydrogens (primary N) is 2. The number of amides is 2. The van der Waals surface area contributed by atoms with Crippen molar-refractivity contribution in [2.45, 2.75) is 64.2 Å². The second-order valence-corrected chi connectivity index (χ2v) is 12.9. The summed E-state index contributed by atoms with van der Waals surface area (Å²) in [5.41, 5.74) is 17.4. The summed E-state index contributed by atoms with van der Waals surface area (Å²) in [7, 11) is 0. The first-order chi connectivity index (χ1) is 23.7. The molecule has 1 aromatic heterocycles. The van der Waals surface area contributed by atoms with Gasteiger partial charge in [0.15, 0.2) is 17.0 Å². The van der Waals surface area contributed by atoms with Crippen molar-refractivity contribution in [1.29, 1.82) is 0 Å². The lowest BCUT2D eigenvalue weighted by Gasteiger charge is -2.27. The maximum Gasteiger partial charge on any atom is 0.271 e. The van der Waals surface area contributed by atoms with Crippen molar-refractivity contribution in [3.63, 3.8) is 0 Å². The van der Waals surface area contributed by atoms with Crippen LogP contribution in [0, 0.1) is 0 Å². The maximum atomic E-state index is 12.7. The number of likely N-dealkylation sites (tertiary alicyclic amines) is 1. The summed E-state index contributed by atoms with van der Waals surface area (Å²) in [6.07, 6.45) is 4.50. The van der Waals surface area contributed by atoms with E-state index in [4.69, 9.17) is 30.3 Å². The summed E-state index contributed by atoms with van der Waals surface area (Å²) in [5, 5.41) is 4.00. The molecule has 1 saturated heterocycles. The van der Waals surface area contributed by atoms with E-state index in [2.05, 4.69) is 35.5 Å². The van der Waals surface area contributed by atoms with Crippen LogP contribution in [0.25, 0.3) is 5.76 Å². The zero-order valence-electron chi connectivity index (χ0n) is 27.9. The Morgan fingerprint density at radius 1 is 0.918 bits per heavy atom. The molecule has 1 atom stereocenters. The van der Waals surface area contributed by atoms with Crippen molar-refractivity contribution in [2.75, 3.05) is 19.6 Å². The van der Waals surface area contributed by atoms with Gasteiger partial charge in [0.25, 0.3) is 5.91 Å². The Bertz CT molecular complexity index is 1800. The standard InChI is InChI=1S/C38H43N5O6/c1-25(2)29-19-28(31(46-22-26-11-5-3-6-12-26)20-32(29)47-23-27-13-7-4-8-14-27)15-16-30-34(35(36(39)44)41-48-30)33-21-38(37(40)45,42-49-33)24-43-17-9-10-18-43/h3-8,11-14,19-21,25,42H,9-10,15-18,22-24H2,1-2H3,(H2,39,44)(H2,40,45). The summed E-state index contributed by atoms with van der Waals surface area (Å²) in [6.45, 7) is 7.07. The van der Waals surface area contributed by atoms with Crippen LogP contribution < -0.4 is 26.4 Å². The summed E-state index contributed by atoms with van der Waals surface area (Å²) >= 11 is 0. The highest BCUT2D eigenvalue weighted by Gasteiger charge is 2.44. The predicted molar refractivity (Wildman–Crippen MR) is 184 cm³/mol. The highest BCUT2D eigenvalue weighted by Crippen LogP contribution is 2.37. The lowest BCUT2D eigenvalue weighted by molar-refractivity contribution is -0.125. The Morgan fingerprint density at radius 3 is 2.14 bits per heavy atom. The molecule has 0 bridgehead atoms. The summed E-state index contributed by atoms with van der Waals surface area (Å²) in [5.74, 6) is 0.811. The number of benzene rings is 3. The Labute approximate surface area is 286 Å². The monoisotopic (exact) mass is 665 g/mol. The van der Waals surface area contributed by atoms with E-state index in [0.29, 0.717) is 49.7 Å². The fourth-order valence-electron chi connectivity index (χ4n) is 6.29. The van der Waals surface area contributed by atoms with Crippen LogP contribution in [0.3, 0.4) is 0 Å². The normalized spacial score (nSPS) is 17.6. The molecule has 2 aliphatic heterocycles. The van der Waals surface area contributed by atoms with Crippen LogP contribution in [0.2, 0.25) is 0 Å². The zero-order valence-corrected chi connectivity index (χ0v) is 27.9. The molecule has 4 aromatic rings. The summed E-state index contributed by atoms with van der Waals surface area (Å²) < 4.78 is 18.5. The van der Waals surface area contributed by atoms with E-state index in [1.165, 1.54) is 0 Å². The van der Waals surface area contributed by atoms with Gasteiger partial charge in [-0.25, -0.2) is 0 Å². The van der Waals surface area contributed by atoms with Crippen LogP contribution in [0.4, 0.5) is 0 Å². The van der Waals surface area contributed by atoms with Crippen LogP contribution in [0.15, 0.2) is 83.4 Å². The molecule has 0 radical (unpaired) electrons. The summed E-state index contributed by atoms with van der Waals surface area (Å²) in [6, 6.07) is 24.0. The van der Waals surface area contributed by atoms with Crippen molar-refractivity contribution in [3.8, 4) is 11.5 Å². The Hall–Kier alpha value is -5.13. The van der Waals surface area contributed by atoms with Gasteiger partial charge in [-0.15, -0.1) is 5.48 Å². The first-order valence-electron chi connectivity index (χ1n) is 16.7. The number of rotatable bonds is 15. The van der Waals surface area contributed by atoms with Gasteiger partial charge in [0.2, 0.25) is 5.91 Å². The van der Waals surface area contributed by atoms with Gasteiger partial charge < -0.3 is 35.2 Å². The number of carbonyl (C=O) groups excluding carboxylic acids is 2. The first kappa shape index (κ1) is 33.8. The number of aromatic nitrogens is 1. The van der Waals surface area contributed by atoms with Crippen LogP contribution >= 0.6 is 0 Å². The van der Waals surface area contributed by atoms with Crippen molar-refractivity contribution in [1.82, 2.24) is 15.5 Å². The fourth-order valence-corrected chi connectivity index (χ4v) is 6.29. The molecule has 3 aromatic carbocycles. The molecular formula is C38H43N5O6. The smallest absolute Gasteiger partial charge is 0.271 e. The number of hydrogen-bond acceptors (Lipinski definition) is 9. The van der Waals surface area contributed by atoms with Gasteiger partial charge in [-0.1, -0.05) is 79.7 Å². The number of ether oxygens (including phenoxy) is 2. The molecule has 0 saturated carbocycles. The molecule has 5 N–H and O–H groups in total. The van der Waals surface area contributed by atoms with Crippen molar-refractivity contribution in [2.24, 2.45) is 11.5 Å². The van der Waals surface area contributed by atoms with E-state index >= 15 is 0 Å². The molecule has 1 fully saturated rings. The first-order valence-corrected chi connectivity index (χ1v) is 16.7. The second kappa shape index (κ2) is 15.0. The average Bonchev–Trinajstić information content (AvgIpc) is 3.87. The predicted octanol–water partition coefficient (Wildman–Crippen LogP) is 5.04. The topological polar surface area (TPSA) is 155 Å². The van der Waals surface area contributed by atoms with Crippen LogP contribution in [0.1, 0.15) is 76.7 Å². The average molecular weight is 666 g/mol. The van der Waals surface area contributed by atoms with E-state index < -0.39 is 17.4 Å². The van der Waals surface area contributed by atoms with Gasteiger partial charge in [0.05, 0.1) is 5.56 Å². The lowest BCUT2D eigenvalue weighted by atomic mass is 9.94. The van der Waals surface area contributed by atoms with E-state index in [-0.39, 0.29) is 17.4 Å². The molecule has 1 unspecified atom stereocenters. The number of aryl methyl sites for hydroxylation is 2. The lowest BCUT2D eigenvalue weighted by Crippen LogP contribution is -2.57.